The van der Waals surface area contributed by atoms with Gasteiger partial charge in [0.2, 0.25) is 0 Å². The highest BCUT2D eigenvalue weighted by atomic mass is 35.5. The maximum Gasteiger partial charge on any atom is 0.263 e. The highest BCUT2D eigenvalue weighted by Crippen LogP contribution is 2.33. The number of hydrogen-bond acceptors (Lipinski definition) is 10. The lowest BCUT2D eigenvalue weighted by Gasteiger charge is -2.36. The van der Waals surface area contributed by atoms with E-state index >= 15 is 0 Å². The standard InChI is InChI=1S/C43H45ClN6O4S2/c1-48(2)21-20-31(30-55-37-9-4-3-5-10-37)26-33-14-18-38(28-41(33)45-51)56(52,53)47-43-40-19-17-36(27-42(40)54-46-43)50-24-22-49(23-25-50)29-34-8-6-7-11-39(34)32-12-15-35(44)16-13-32/h3-19,27-28,31H,20-26,29-30H2,1-2H3,(H,46,47)/t31-/m0/s1. The van der Waals surface area contributed by atoms with E-state index in [0.29, 0.717) is 17.4 Å². The average Bonchev–Trinajstić information content (AvgIpc) is 3.61. The summed E-state index contributed by atoms with van der Waals surface area (Å²) in [5.41, 5.74) is 5.92. The molecule has 0 aliphatic carbocycles. The van der Waals surface area contributed by atoms with E-state index in [1.807, 2.05) is 62.6 Å². The first-order chi connectivity index (χ1) is 27.1. The van der Waals surface area contributed by atoms with Crippen LogP contribution in [0.15, 0.2) is 135 Å². The quantitative estimate of drug-likeness (QED) is 0.0755. The highest BCUT2D eigenvalue weighted by Gasteiger charge is 2.24. The molecule has 0 radical (unpaired) electrons. The topological polar surface area (TPSA) is 111 Å². The molecule has 6 aromatic rings. The van der Waals surface area contributed by atoms with E-state index in [-0.39, 0.29) is 22.3 Å². The molecule has 56 heavy (non-hydrogen) atoms. The van der Waals surface area contributed by atoms with Crippen molar-refractivity contribution in [2.75, 3.05) is 62.2 Å². The summed E-state index contributed by atoms with van der Waals surface area (Å²) in [6.07, 6.45) is 1.52. The molecule has 1 fully saturated rings. The lowest BCUT2D eigenvalue weighted by Crippen LogP contribution is -2.46. The van der Waals surface area contributed by atoms with Crippen LogP contribution in [0.3, 0.4) is 0 Å². The summed E-state index contributed by atoms with van der Waals surface area (Å²) in [4.78, 5) is 20.1. The Hall–Kier alpha value is -4.72. The molecule has 1 aliphatic heterocycles. The van der Waals surface area contributed by atoms with Gasteiger partial charge in [0.1, 0.15) is 5.69 Å². The Kier molecular flexibility index (Phi) is 12.7. The zero-order chi connectivity index (χ0) is 39.1. The van der Waals surface area contributed by atoms with Crippen LogP contribution in [0, 0.1) is 10.8 Å². The van der Waals surface area contributed by atoms with Gasteiger partial charge in [-0.15, -0.1) is 16.7 Å². The SMILES string of the molecule is CN(C)CC[C@H](CSc1ccccc1)Cc1ccc(S(=O)(=O)Nc2noc3cc(N4CCN(Cc5ccccc5-c5ccc(Cl)cc5)CC4)ccc23)cc1N=O. The van der Waals surface area contributed by atoms with Crippen LogP contribution in [0.2, 0.25) is 5.02 Å². The molecule has 13 heteroatoms. The Morgan fingerprint density at radius 2 is 1.64 bits per heavy atom. The number of nitrogens with one attached hydrogen (secondary N) is 1. The molecule has 0 bridgehead atoms. The fraction of sp³-hybridized carbons (Fsp3) is 0.279. The first-order valence-electron chi connectivity index (χ1n) is 18.7. The van der Waals surface area contributed by atoms with Gasteiger partial charge in [-0.1, -0.05) is 77.4 Å². The molecule has 1 aromatic heterocycles. The predicted octanol–water partition coefficient (Wildman–Crippen LogP) is 9.57. The van der Waals surface area contributed by atoms with Crippen molar-refractivity contribution < 1.29 is 12.9 Å². The van der Waals surface area contributed by atoms with Gasteiger partial charge in [0, 0.05) is 60.1 Å². The third-order valence-corrected chi connectivity index (χ3v) is 13.0. The molecule has 5 aromatic carbocycles. The summed E-state index contributed by atoms with van der Waals surface area (Å²) in [6, 6.07) is 36.9. The van der Waals surface area contributed by atoms with Gasteiger partial charge in [-0.25, -0.2) is 8.42 Å². The average molecular weight is 809 g/mol. The summed E-state index contributed by atoms with van der Waals surface area (Å²) < 4.78 is 35.4. The number of rotatable bonds is 16. The first kappa shape index (κ1) is 39.5. The van der Waals surface area contributed by atoms with Crippen LogP contribution in [-0.4, -0.2) is 75.9 Å². The van der Waals surface area contributed by atoms with E-state index in [0.717, 1.165) is 73.3 Å². The van der Waals surface area contributed by atoms with Crippen LogP contribution in [0.5, 0.6) is 0 Å². The molecular formula is C43H45ClN6O4S2. The second-order valence-corrected chi connectivity index (χ2v) is 17.6. The van der Waals surface area contributed by atoms with Gasteiger partial charge in [-0.3, -0.25) is 9.62 Å². The van der Waals surface area contributed by atoms with Crippen LogP contribution < -0.4 is 9.62 Å². The zero-order valence-electron chi connectivity index (χ0n) is 31.5. The van der Waals surface area contributed by atoms with Crippen molar-refractivity contribution in [3.8, 4) is 11.1 Å². The van der Waals surface area contributed by atoms with E-state index in [2.05, 4.69) is 78.3 Å². The summed E-state index contributed by atoms with van der Waals surface area (Å²) in [5.74, 6) is 1.19. The van der Waals surface area contributed by atoms with Crippen LogP contribution in [0.4, 0.5) is 17.2 Å². The monoisotopic (exact) mass is 808 g/mol. The molecule has 0 amide bonds. The molecule has 1 atom stereocenters. The summed E-state index contributed by atoms with van der Waals surface area (Å²) in [5, 5.41) is 8.59. The van der Waals surface area contributed by atoms with Crippen molar-refractivity contribution >= 4 is 61.5 Å². The number of piperazine rings is 1. The Morgan fingerprint density at radius 1 is 0.893 bits per heavy atom. The minimum atomic E-state index is -4.11. The Morgan fingerprint density at radius 3 is 2.39 bits per heavy atom. The highest BCUT2D eigenvalue weighted by molar-refractivity contribution is 7.99. The molecule has 10 nitrogen and oxygen atoms in total. The number of thioether (sulfide) groups is 1. The van der Waals surface area contributed by atoms with Crippen molar-refractivity contribution in [3.63, 3.8) is 0 Å². The van der Waals surface area contributed by atoms with Gasteiger partial charge in [-0.05, 0) is 115 Å². The fourth-order valence-electron chi connectivity index (χ4n) is 7.05. The molecule has 290 valence electrons. The van der Waals surface area contributed by atoms with E-state index < -0.39 is 10.0 Å². The fourth-order valence-corrected chi connectivity index (χ4v) is 9.27. The van der Waals surface area contributed by atoms with E-state index in [1.165, 1.54) is 28.2 Å². The van der Waals surface area contributed by atoms with Crippen molar-refractivity contribution in [2.24, 2.45) is 11.1 Å². The number of benzene rings is 5. The molecule has 1 saturated heterocycles. The van der Waals surface area contributed by atoms with E-state index in [1.54, 1.807) is 17.8 Å². The molecule has 0 unspecified atom stereocenters. The lowest BCUT2D eigenvalue weighted by atomic mass is 9.96. The lowest BCUT2D eigenvalue weighted by molar-refractivity contribution is 0.250. The normalized spacial score (nSPS) is 14.3. The largest absolute Gasteiger partial charge is 0.369 e. The van der Waals surface area contributed by atoms with Gasteiger partial charge in [0.05, 0.1) is 10.3 Å². The third-order valence-electron chi connectivity index (χ3n) is 10.2. The summed E-state index contributed by atoms with van der Waals surface area (Å²) >= 11 is 7.91. The molecule has 7 rings (SSSR count). The van der Waals surface area contributed by atoms with Crippen LogP contribution >= 0.6 is 23.4 Å². The number of sulfonamides is 1. The van der Waals surface area contributed by atoms with Crippen molar-refractivity contribution in [1.82, 2.24) is 15.0 Å². The first-order valence-corrected chi connectivity index (χ1v) is 21.5. The molecule has 0 saturated carbocycles. The zero-order valence-corrected chi connectivity index (χ0v) is 33.9. The molecule has 1 N–H and O–H groups in total. The van der Waals surface area contributed by atoms with Gasteiger partial charge in [-0.2, -0.15) is 0 Å². The van der Waals surface area contributed by atoms with Gasteiger partial charge < -0.3 is 14.3 Å². The third kappa shape index (κ3) is 9.80. The summed E-state index contributed by atoms with van der Waals surface area (Å²) in [6.45, 7) is 5.16. The van der Waals surface area contributed by atoms with Crippen molar-refractivity contribution in [3.05, 3.63) is 136 Å². The maximum absolute atomic E-state index is 13.6. The molecular weight excluding hydrogens is 764 g/mol. The predicted molar refractivity (Wildman–Crippen MR) is 229 cm³/mol. The van der Waals surface area contributed by atoms with E-state index in [4.69, 9.17) is 16.1 Å². The minimum Gasteiger partial charge on any atom is -0.369 e. The number of aromatic nitrogens is 1. The number of nitrogens with zero attached hydrogens (tertiary/aromatic N) is 5. The van der Waals surface area contributed by atoms with Gasteiger partial charge in [0.15, 0.2) is 11.4 Å². The number of halogens is 1. The maximum atomic E-state index is 13.6. The number of anilines is 2. The molecule has 1 aliphatic rings. The Bertz CT molecular complexity index is 2370. The van der Waals surface area contributed by atoms with Crippen molar-refractivity contribution in [1.29, 1.82) is 0 Å². The number of fused-ring (bicyclic) bond motifs is 1. The number of hydrogen-bond donors (Lipinski definition) is 1. The molecule has 2 heterocycles. The number of nitroso groups, excluding NO2 is 1. The second-order valence-electron chi connectivity index (χ2n) is 14.4. The van der Waals surface area contributed by atoms with Gasteiger partial charge >= 0.3 is 0 Å². The van der Waals surface area contributed by atoms with Crippen molar-refractivity contribution in [2.45, 2.75) is 29.2 Å². The van der Waals surface area contributed by atoms with Crippen LogP contribution in [0.1, 0.15) is 17.5 Å². The second kappa shape index (κ2) is 18.0. The van der Waals surface area contributed by atoms with Crippen LogP contribution in [0.25, 0.3) is 22.1 Å². The summed E-state index contributed by atoms with van der Waals surface area (Å²) in [7, 11) is -0.0309. The minimum absolute atomic E-state index is 0.0687. The Labute approximate surface area is 337 Å². The van der Waals surface area contributed by atoms with Gasteiger partial charge in [0.25, 0.3) is 10.0 Å². The Balaban J connectivity index is 0.988. The van der Waals surface area contributed by atoms with E-state index in [9.17, 15) is 13.3 Å². The van der Waals surface area contributed by atoms with Crippen LogP contribution in [-0.2, 0) is 23.0 Å². The molecule has 0 spiro atoms. The smallest absolute Gasteiger partial charge is 0.263 e.